The van der Waals surface area contributed by atoms with Gasteiger partial charge in [-0.15, -0.1) is 0 Å². The quantitative estimate of drug-likeness (QED) is 0.664. The van der Waals surface area contributed by atoms with Crippen molar-refractivity contribution in [3.05, 3.63) is 42.5 Å². The molecule has 0 saturated carbocycles. The van der Waals surface area contributed by atoms with Crippen LogP contribution in [-0.4, -0.2) is 68.7 Å². The first-order valence-corrected chi connectivity index (χ1v) is 10.3. The summed E-state index contributed by atoms with van der Waals surface area (Å²) in [4.78, 5) is 41.7. The number of carbonyl (C=O) groups is 2. The maximum atomic E-state index is 12.6. The number of esters is 1. The van der Waals surface area contributed by atoms with Crippen LogP contribution in [-0.2, 0) is 25.7 Å². The van der Waals surface area contributed by atoms with Gasteiger partial charge in [-0.1, -0.05) is 0 Å². The molecule has 2 fully saturated rings. The first kappa shape index (κ1) is 20.5. The van der Waals surface area contributed by atoms with Gasteiger partial charge in [-0.25, -0.2) is 15.0 Å². The number of methoxy groups -OCH3 is 1. The highest BCUT2D eigenvalue weighted by molar-refractivity contribution is 5.88. The van der Waals surface area contributed by atoms with Crippen LogP contribution in [0.3, 0.4) is 0 Å². The first-order valence-electron chi connectivity index (χ1n) is 10.3. The molecule has 4 heterocycles. The lowest BCUT2D eigenvalue weighted by Crippen LogP contribution is -2.57. The molecule has 4 rings (SSSR count). The number of amides is 1. The summed E-state index contributed by atoms with van der Waals surface area (Å²) < 4.78 is 6.99. The van der Waals surface area contributed by atoms with Crippen LogP contribution in [0.15, 0.2) is 36.8 Å². The van der Waals surface area contributed by atoms with E-state index in [1.165, 1.54) is 12.2 Å². The SMILES string of the molecule is CCON1C(=O)C[C@@H](C(=O)OC)C12CCN(Cc1cccn1-c1ncccn1)CC2. The number of piperidine rings is 1. The number of carbonyl (C=O) groups excluding carboxylic acids is 2. The van der Waals surface area contributed by atoms with E-state index < -0.39 is 11.5 Å². The van der Waals surface area contributed by atoms with Crippen molar-refractivity contribution in [1.82, 2.24) is 24.5 Å². The zero-order valence-corrected chi connectivity index (χ0v) is 17.4. The van der Waals surface area contributed by atoms with Crippen molar-refractivity contribution in [2.75, 3.05) is 26.8 Å². The molecule has 9 heteroatoms. The van der Waals surface area contributed by atoms with E-state index in [1.807, 2.05) is 23.8 Å². The van der Waals surface area contributed by atoms with Gasteiger partial charge in [0.2, 0.25) is 11.9 Å². The van der Waals surface area contributed by atoms with Gasteiger partial charge < -0.3 is 4.74 Å². The van der Waals surface area contributed by atoms with E-state index in [-0.39, 0.29) is 18.3 Å². The van der Waals surface area contributed by atoms with Gasteiger partial charge in [0.1, 0.15) is 0 Å². The third kappa shape index (κ3) is 3.59. The Morgan fingerprint density at radius 3 is 2.63 bits per heavy atom. The van der Waals surface area contributed by atoms with Crippen LogP contribution in [0, 0.1) is 5.92 Å². The van der Waals surface area contributed by atoms with E-state index in [9.17, 15) is 9.59 Å². The highest BCUT2D eigenvalue weighted by Gasteiger charge is 2.58. The second-order valence-electron chi connectivity index (χ2n) is 7.68. The topological polar surface area (TPSA) is 89.8 Å². The number of nitrogens with zero attached hydrogens (tertiary/aromatic N) is 5. The Bertz CT molecular complexity index is 892. The van der Waals surface area contributed by atoms with E-state index in [0.29, 0.717) is 25.4 Å². The molecule has 0 bridgehead atoms. The molecular weight excluding hydrogens is 386 g/mol. The van der Waals surface area contributed by atoms with Crippen LogP contribution < -0.4 is 0 Å². The van der Waals surface area contributed by atoms with Crippen LogP contribution in [0.1, 0.15) is 31.9 Å². The normalized spacial score (nSPS) is 21.3. The van der Waals surface area contributed by atoms with E-state index in [0.717, 1.165) is 25.3 Å². The molecule has 9 nitrogen and oxygen atoms in total. The molecule has 0 radical (unpaired) electrons. The molecule has 2 aliphatic rings. The van der Waals surface area contributed by atoms with Gasteiger partial charge in [0, 0.05) is 50.3 Å². The summed E-state index contributed by atoms with van der Waals surface area (Å²) >= 11 is 0. The highest BCUT2D eigenvalue weighted by atomic mass is 16.7. The van der Waals surface area contributed by atoms with Crippen molar-refractivity contribution in [2.45, 2.75) is 38.3 Å². The Morgan fingerprint density at radius 2 is 1.97 bits per heavy atom. The van der Waals surface area contributed by atoms with E-state index in [1.54, 1.807) is 18.5 Å². The molecule has 2 aromatic heterocycles. The average Bonchev–Trinajstić information content (AvgIpc) is 3.34. The maximum absolute atomic E-state index is 12.6. The molecule has 2 aromatic rings. The average molecular weight is 413 g/mol. The summed E-state index contributed by atoms with van der Waals surface area (Å²) in [7, 11) is 1.37. The fraction of sp³-hybridized carbons (Fsp3) is 0.524. The number of hydrogen-bond donors (Lipinski definition) is 0. The third-order valence-electron chi connectivity index (χ3n) is 6.11. The lowest BCUT2D eigenvalue weighted by Gasteiger charge is -2.45. The molecule has 0 aliphatic carbocycles. The molecule has 30 heavy (non-hydrogen) atoms. The van der Waals surface area contributed by atoms with Crippen molar-refractivity contribution in [3.63, 3.8) is 0 Å². The summed E-state index contributed by atoms with van der Waals surface area (Å²) in [6.07, 6.45) is 6.85. The van der Waals surface area contributed by atoms with Gasteiger partial charge >= 0.3 is 5.97 Å². The first-order chi connectivity index (χ1) is 14.6. The number of hydrogen-bond acceptors (Lipinski definition) is 7. The lowest BCUT2D eigenvalue weighted by atomic mass is 9.77. The molecule has 0 unspecified atom stereocenters. The van der Waals surface area contributed by atoms with Crippen molar-refractivity contribution < 1.29 is 19.2 Å². The third-order valence-corrected chi connectivity index (χ3v) is 6.11. The van der Waals surface area contributed by atoms with Crippen LogP contribution in [0.25, 0.3) is 5.95 Å². The smallest absolute Gasteiger partial charge is 0.311 e. The minimum absolute atomic E-state index is 0.140. The Kier molecular flexibility index (Phi) is 5.83. The van der Waals surface area contributed by atoms with Crippen molar-refractivity contribution >= 4 is 11.9 Å². The number of likely N-dealkylation sites (tertiary alicyclic amines) is 1. The Balaban J connectivity index is 1.49. The van der Waals surface area contributed by atoms with Crippen LogP contribution in [0.2, 0.25) is 0 Å². The highest BCUT2D eigenvalue weighted by Crippen LogP contribution is 2.44. The van der Waals surface area contributed by atoms with E-state index in [4.69, 9.17) is 9.57 Å². The van der Waals surface area contributed by atoms with Gasteiger partial charge in [0.25, 0.3) is 0 Å². The summed E-state index contributed by atoms with van der Waals surface area (Å²) in [6, 6.07) is 5.84. The molecule has 1 amide bonds. The van der Waals surface area contributed by atoms with Crippen molar-refractivity contribution in [3.8, 4) is 5.95 Å². The fourth-order valence-corrected chi connectivity index (χ4v) is 4.65. The zero-order valence-electron chi connectivity index (χ0n) is 17.4. The Labute approximate surface area is 175 Å². The monoisotopic (exact) mass is 413 g/mol. The molecule has 160 valence electrons. The van der Waals surface area contributed by atoms with Crippen LogP contribution in [0.5, 0.6) is 0 Å². The summed E-state index contributed by atoms with van der Waals surface area (Å²) in [6.45, 7) is 4.44. The van der Waals surface area contributed by atoms with Crippen molar-refractivity contribution in [2.24, 2.45) is 5.92 Å². The number of hydroxylamine groups is 2. The predicted octanol–water partition coefficient (Wildman–Crippen LogP) is 1.57. The fourth-order valence-electron chi connectivity index (χ4n) is 4.65. The largest absolute Gasteiger partial charge is 0.469 e. The second kappa shape index (κ2) is 8.53. The van der Waals surface area contributed by atoms with Gasteiger partial charge in [-0.3, -0.25) is 23.9 Å². The maximum Gasteiger partial charge on any atom is 0.311 e. The lowest BCUT2D eigenvalue weighted by molar-refractivity contribution is -0.221. The van der Waals surface area contributed by atoms with Crippen molar-refractivity contribution in [1.29, 1.82) is 0 Å². The molecular formula is C21H27N5O4. The standard InChI is InChI=1S/C21H27N5O4/c1-3-30-26-18(27)14-17(19(28)29-2)21(26)7-12-24(13-8-21)15-16-6-4-11-25(16)20-22-9-5-10-23-20/h4-6,9-11,17H,3,7-8,12-15H2,1-2H3/t17-/m0/s1. The van der Waals surface area contributed by atoms with Gasteiger partial charge in [0.15, 0.2) is 0 Å². The number of aromatic nitrogens is 3. The van der Waals surface area contributed by atoms with Crippen LogP contribution >= 0.6 is 0 Å². The van der Waals surface area contributed by atoms with Gasteiger partial charge in [0.05, 0.1) is 25.2 Å². The Morgan fingerprint density at radius 1 is 1.23 bits per heavy atom. The number of rotatable bonds is 6. The molecule has 0 N–H and O–H groups in total. The minimum atomic E-state index is -0.638. The second-order valence-corrected chi connectivity index (χ2v) is 7.68. The zero-order chi connectivity index (χ0) is 21.1. The van der Waals surface area contributed by atoms with Gasteiger partial charge in [-0.05, 0) is 38.0 Å². The summed E-state index contributed by atoms with van der Waals surface area (Å²) in [5, 5.41) is 1.46. The Hall–Kier alpha value is -2.78. The summed E-state index contributed by atoms with van der Waals surface area (Å²) in [5.74, 6) is -0.337. The summed E-state index contributed by atoms with van der Waals surface area (Å²) in [5.41, 5.74) is 0.451. The predicted molar refractivity (Wildman–Crippen MR) is 107 cm³/mol. The van der Waals surface area contributed by atoms with E-state index in [2.05, 4.69) is 20.9 Å². The molecule has 1 atom stereocenters. The van der Waals surface area contributed by atoms with E-state index >= 15 is 0 Å². The molecule has 2 aliphatic heterocycles. The molecule has 2 saturated heterocycles. The molecule has 1 spiro atoms. The number of ether oxygens (including phenoxy) is 1. The minimum Gasteiger partial charge on any atom is -0.469 e. The van der Waals surface area contributed by atoms with Gasteiger partial charge in [-0.2, -0.15) is 0 Å². The van der Waals surface area contributed by atoms with Crippen LogP contribution in [0.4, 0.5) is 0 Å². The molecule has 0 aromatic carbocycles.